The van der Waals surface area contributed by atoms with Crippen molar-refractivity contribution in [3.63, 3.8) is 0 Å². The van der Waals surface area contributed by atoms with Gasteiger partial charge in [0.05, 0.1) is 17.7 Å². The Morgan fingerprint density at radius 3 is 2.09 bits per heavy atom. The monoisotopic (exact) mass is 691 g/mol. The average molecular weight is 693 g/mol. The number of halogens is 1. The second kappa shape index (κ2) is 14.8. The molecule has 45 heavy (non-hydrogen) atoms. The topological polar surface area (TPSA) is 96.0 Å². The van der Waals surface area contributed by atoms with E-state index in [2.05, 4.69) is 21.2 Å². The van der Waals surface area contributed by atoms with Crippen molar-refractivity contribution in [3.8, 4) is 5.75 Å². The number of amides is 2. The normalized spacial score (nSPS) is 12.2. The second-order valence-corrected chi connectivity index (χ2v) is 14.4. The van der Waals surface area contributed by atoms with E-state index in [1.54, 1.807) is 42.5 Å². The van der Waals surface area contributed by atoms with Crippen molar-refractivity contribution in [2.45, 2.75) is 50.2 Å². The first kappa shape index (κ1) is 33.7. The summed E-state index contributed by atoms with van der Waals surface area (Å²) in [6.45, 7) is 5.16. The molecular formula is C35H38BrN3O5S. The van der Waals surface area contributed by atoms with Crippen molar-refractivity contribution >= 4 is 43.5 Å². The Morgan fingerprint density at radius 1 is 0.844 bits per heavy atom. The van der Waals surface area contributed by atoms with Gasteiger partial charge in [-0.3, -0.25) is 13.9 Å². The van der Waals surface area contributed by atoms with Crippen LogP contribution in [0.3, 0.4) is 0 Å². The fourth-order valence-electron chi connectivity index (χ4n) is 4.85. The smallest absolute Gasteiger partial charge is 0.264 e. The number of nitrogens with zero attached hydrogens (tertiary/aromatic N) is 2. The van der Waals surface area contributed by atoms with E-state index in [9.17, 15) is 18.0 Å². The molecule has 236 valence electrons. The van der Waals surface area contributed by atoms with E-state index in [0.717, 1.165) is 19.9 Å². The van der Waals surface area contributed by atoms with Crippen LogP contribution in [0.25, 0.3) is 0 Å². The van der Waals surface area contributed by atoms with Gasteiger partial charge in [-0.05, 0) is 68.3 Å². The SMILES string of the molecule is COc1cccc(N(CC(=O)N(Cc2cccc(Br)c2)C(Cc2ccccc2)C(=O)NC(C)(C)C)S(=O)(=O)c2ccccc2)c1. The van der Waals surface area contributed by atoms with Crippen molar-refractivity contribution in [2.24, 2.45) is 0 Å². The number of carbonyl (C=O) groups excluding carboxylic acids is 2. The number of ether oxygens (including phenoxy) is 1. The molecule has 0 bridgehead atoms. The first-order valence-electron chi connectivity index (χ1n) is 14.5. The Bertz CT molecular complexity index is 1710. The second-order valence-electron chi connectivity index (χ2n) is 11.6. The van der Waals surface area contributed by atoms with Crippen LogP contribution in [0, 0.1) is 0 Å². The zero-order chi connectivity index (χ0) is 32.6. The minimum atomic E-state index is -4.20. The third-order valence-electron chi connectivity index (χ3n) is 6.96. The number of methoxy groups -OCH3 is 1. The molecule has 0 saturated heterocycles. The zero-order valence-electron chi connectivity index (χ0n) is 25.8. The van der Waals surface area contributed by atoms with Gasteiger partial charge in [0, 0.05) is 29.0 Å². The summed E-state index contributed by atoms with van der Waals surface area (Å²) in [6.07, 6.45) is 0.229. The van der Waals surface area contributed by atoms with Gasteiger partial charge in [0.15, 0.2) is 0 Å². The number of hydrogen-bond acceptors (Lipinski definition) is 5. The van der Waals surface area contributed by atoms with Crippen LogP contribution in [0.15, 0.2) is 119 Å². The van der Waals surface area contributed by atoms with E-state index < -0.39 is 34.1 Å². The molecule has 0 saturated carbocycles. The Hall–Kier alpha value is -4.15. The molecule has 2 amide bonds. The molecule has 0 aliphatic rings. The Balaban J connectivity index is 1.83. The Kier molecular flexibility index (Phi) is 11.1. The van der Waals surface area contributed by atoms with E-state index >= 15 is 0 Å². The van der Waals surface area contributed by atoms with Crippen LogP contribution in [-0.4, -0.2) is 50.4 Å². The molecule has 0 aromatic heterocycles. The molecule has 1 N–H and O–H groups in total. The largest absolute Gasteiger partial charge is 0.497 e. The van der Waals surface area contributed by atoms with Crippen LogP contribution in [0.1, 0.15) is 31.9 Å². The Morgan fingerprint density at radius 2 is 1.47 bits per heavy atom. The van der Waals surface area contributed by atoms with Gasteiger partial charge in [-0.25, -0.2) is 8.42 Å². The first-order valence-corrected chi connectivity index (χ1v) is 16.7. The highest BCUT2D eigenvalue weighted by Gasteiger charge is 2.35. The summed E-state index contributed by atoms with van der Waals surface area (Å²) in [4.78, 5) is 30.0. The van der Waals surface area contributed by atoms with Crippen molar-refractivity contribution in [1.82, 2.24) is 10.2 Å². The summed E-state index contributed by atoms with van der Waals surface area (Å²) >= 11 is 3.50. The van der Waals surface area contributed by atoms with E-state index in [0.29, 0.717) is 5.75 Å². The standard InChI is InChI=1S/C35H38BrN3O5S/c1-35(2,3)37-34(41)32(22-26-13-7-5-8-14-26)38(24-27-15-11-16-28(36)21-27)33(40)25-39(29-17-12-18-30(23-29)44-4)45(42,43)31-19-9-6-10-20-31/h5-21,23,32H,22,24-25H2,1-4H3,(H,37,41). The summed E-state index contributed by atoms with van der Waals surface area (Å²) in [7, 11) is -2.71. The molecular weight excluding hydrogens is 654 g/mol. The van der Waals surface area contributed by atoms with Crippen molar-refractivity contribution in [3.05, 3.63) is 125 Å². The van der Waals surface area contributed by atoms with Crippen molar-refractivity contribution in [2.75, 3.05) is 18.0 Å². The molecule has 4 aromatic carbocycles. The average Bonchev–Trinajstić information content (AvgIpc) is 3.01. The maximum absolute atomic E-state index is 14.5. The molecule has 0 heterocycles. The van der Waals surface area contributed by atoms with E-state index in [1.165, 1.54) is 24.1 Å². The van der Waals surface area contributed by atoms with Crippen molar-refractivity contribution in [1.29, 1.82) is 0 Å². The van der Waals surface area contributed by atoms with Crippen LogP contribution in [0.4, 0.5) is 5.69 Å². The van der Waals surface area contributed by atoms with Crippen molar-refractivity contribution < 1.29 is 22.7 Å². The van der Waals surface area contributed by atoms with E-state index in [4.69, 9.17) is 4.74 Å². The number of benzene rings is 4. The molecule has 1 atom stereocenters. The van der Waals surface area contributed by atoms with Crippen LogP contribution in [0.5, 0.6) is 5.75 Å². The molecule has 4 rings (SSSR count). The van der Waals surface area contributed by atoms with Crippen LogP contribution < -0.4 is 14.4 Å². The van der Waals surface area contributed by atoms with Gasteiger partial charge in [0.25, 0.3) is 10.0 Å². The van der Waals surface area contributed by atoms with Gasteiger partial charge in [0.2, 0.25) is 11.8 Å². The predicted octanol–water partition coefficient (Wildman–Crippen LogP) is 6.21. The molecule has 1 unspecified atom stereocenters. The molecule has 0 aliphatic heterocycles. The van der Waals surface area contributed by atoms with Crippen LogP contribution >= 0.6 is 15.9 Å². The number of hydrogen-bond donors (Lipinski definition) is 1. The molecule has 10 heteroatoms. The zero-order valence-corrected chi connectivity index (χ0v) is 28.2. The third kappa shape index (κ3) is 9.18. The molecule has 0 aliphatic carbocycles. The highest BCUT2D eigenvalue weighted by atomic mass is 79.9. The predicted molar refractivity (Wildman–Crippen MR) is 180 cm³/mol. The lowest BCUT2D eigenvalue weighted by Gasteiger charge is -2.35. The molecule has 4 aromatic rings. The Labute approximate surface area is 274 Å². The van der Waals surface area contributed by atoms with Gasteiger partial charge >= 0.3 is 0 Å². The third-order valence-corrected chi connectivity index (χ3v) is 9.24. The summed E-state index contributed by atoms with van der Waals surface area (Å²) in [5, 5.41) is 3.04. The lowest BCUT2D eigenvalue weighted by molar-refractivity contribution is -0.140. The van der Waals surface area contributed by atoms with Gasteiger partial charge in [-0.15, -0.1) is 0 Å². The van der Waals surface area contributed by atoms with E-state index in [1.807, 2.05) is 75.4 Å². The minimum Gasteiger partial charge on any atom is -0.497 e. The lowest BCUT2D eigenvalue weighted by atomic mass is 10.0. The summed E-state index contributed by atoms with van der Waals surface area (Å²) < 4.78 is 35.5. The lowest BCUT2D eigenvalue weighted by Crippen LogP contribution is -2.56. The first-order chi connectivity index (χ1) is 21.4. The van der Waals surface area contributed by atoms with Crippen LogP contribution in [0.2, 0.25) is 0 Å². The molecule has 0 radical (unpaired) electrons. The fraction of sp³-hybridized carbons (Fsp3) is 0.257. The highest BCUT2D eigenvalue weighted by molar-refractivity contribution is 9.10. The number of carbonyl (C=O) groups is 2. The minimum absolute atomic E-state index is 0.0328. The number of rotatable bonds is 12. The summed E-state index contributed by atoms with van der Waals surface area (Å²) in [6, 6.07) is 30.5. The van der Waals surface area contributed by atoms with E-state index in [-0.39, 0.29) is 29.5 Å². The van der Waals surface area contributed by atoms with Crippen LogP contribution in [-0.2, 0) is 32.6 Å². The van der Waals surface area contributed by atoms with Gasteiger partial charge in [0.1, 0.15) is 18.3 Å². The maximum atomic E-state index is 14.5. The quantitative estimate of drug-likeness (QED) is 0.191. The maximum Gasteiger partial charge on any atom is 0.264 e. The van der Waals surface area contributed by atoms with Gasteiger partial charge < -0.3 is 15.0 Å². The fourth-order valence-corrected chi connectivity index (χ4v) is 6.73. The van der Waals surface area contributed by atoms with Gasteiger partial charge in [-0.1, -0.05) is 82.7 Å². The molecule has 0 spiro atoms. The number of sulfonamides is 1. The summed E-state index contributed by atoms with van der Waals surface area (Å²) in [5.41, 5.74) is 1.32. The molecule has 8 nitrogen and oxygen atoms in total. The summed E-state index contributed by atoms with van der Waals surface area (Å²) in [5.74, 6) is -0.443. The van der Waals surface area contributed by atoms with Gasteiger partial charge in [-0.2, -0.15) is 0 Å². The molecule has 0 fully saturated rings. The highest BCUT2D eigenvalue weighted by Crippen LogP contribution is 2.28. The number of anilines is 1. The number of nitrogens with one attached hydrogen (secondary N) is 1.